The third kappa shape index (κ3) is 5.85. The van der Waals surface area contributed by atoms with Crippen molar-refractivity contribution in [1.82, 2.24) is 14.7 Å². The van der Waals surface area contributed by atoms with Gasteiger partial charge >= 0.3 is 5.97 Å². The molecule has 0 unspecified atom stereocenters. The molecule has 1 aliphatic carbocycles. The van der Waals surface area contributed by atoms with Crippen LogP contribution in [0.5, 0.6) is 0 Å². The molecule has 1 amide bonds. The average Bonchev–Trinajstić information content (AvgIpc) is 3.32. The van der Waals surface area contributed by atoms with Crippen LogP contribution in [0.25, 0.3) is 0 Å². The van der Waals surface area contributed by atoms with E-state index in [1.807, 2.05) is 11.6 Å². The Morgan fingerprint density at radius 1 is 1.31 bits per heavy atom. The summed E-state index contributed by atoms with van der Waals surface area (Å²) in [5.74, 6) is 0.783. The van der Waals surface area contributed by atoms with Crippen LogP contribution in [0.15, 0.2) is 0 Å². The number of rotatable bonds is 10. The minimum atomic E-state index is -0.321. The van der Waals surface area contributed by atoms with Gasteiger partial charge in [0.2, 0.25) is 5.91 Å². The molecule has 0 bridgehead atoms. The molecule has 1 aliphatic rings. The number of carbonyl (C=O) groups is 2. The summed E-state index contributed by atoms with van der Waals surface area (Å²) in [6.45, 7) is 12.2. The fourth-order valence-electron chi connectivity index (χ4n) is 3.24. The summed E-state index contributed by atoms with van der Waals surface area (Å²) < 4.78 is 7.06. The molecular formula is C20H33N3O3. The van der Waals surface area contributed by atoms with Gasteiger partial charge in [0, 0.05) is 25.2 Å². The van der Waals surface area contributed by atoms with Gasteiger partial charge in [0.05, 0.1) is 12.3 Å². The molecule has 1 heterocycles. The predicted molar refractivity (Wildman–Crippen MR) is 101 cm³/mol. The van der Waals surface area contributed by atoms with Gasteiger partial charge < -0.3 is 9.64 Å². The molecule has 146 valence electrons. The van der Waals surface area contributed by atoms with Crippen LogP contribution in [0.3, 0.4) is 0 Å². The van der Waals surface area contributed by atoms with Crippen LogP contribution < -0.4 is 0 Å². The molecule has 0 spiro atoms. The molecule has 0 aromatic carbocycles. The van der Waals surface area contributed by atoms with Crippen molar-refractivity contribution < 1.29 is 14.3 Å². The Balaban J connectivity index is 1.98. The maximum absolute atomic E-state index is 12.7. The van der Waals surface area contributed by atoms with E-state index in [-0.39, 0.29) is 18.4 Å². The second kappa shape index (κ2) is 9.19. The predicted octanol–water partition coefficient (Wildman–Crippen LogP) is 2.89. The lowest BCUT2D eigenvalue weighted by atomic mass is 10.1. The standard InChI is InChI=1S/C20H33N3O3/c1-6-26-20(25)13-22(12-17-7-8-17)19(24)10-9-18-15(4)21-23(16(18)5)11-14(2)3/h14,17H,6-13H2,1-5H3. The second-order valence-electron chi connectivity index (χ2n) is 7.75. The lowest BCUT2D eigenvalue weighted by Crippen LogP contribution is -2.38. The highest BCUT2D eigenvalue weighted by Gasteiger charge is 2.28. The van der Waals surface area contributed by atoms with Gasteiger partial charge in [-0.2, -0.15) is 5.10 Å². The summed E-state index contributed by atoms with van der Waals surface area (Å²) in [4.78, 5) is 26.2. The third-order valence-electron chi connectivity index (χ3n) is 4.81. The second-order valence-corrected chi connectivity index (χ2v) is 7.75. The van der Waals surface area contributed by atoms with Gasteiger partial charge in [-0.15, -0.1) is 0 Å². The number of hydrogen-bond acceptors (Lipinski definition) is 4. The molecule has 1 saturated carbocycles. The van der Waals surface area contributed by atoms with Gasteiger partial charge in [0.25, 0.3) is 0 Å². The summed E-state index contributed by atoms with van der Waals surface area (Å²) in [7, 11) is 0. The van der Waals surface area contributed by atoms with E-state index < -0.39 is 0 Å². The highest BCUT2D eigenvalue weighted by molar-refractivity contribution is 5.82. The van der Waals surface area contributed by atoms with Crippen LogP contribution in [0, 0.1) is 25.7 Å². The number of ether oxygens (including phenoxy) is 1. The highest BCUT2D eigenvalue weighted by atomic mass is 16.5. The molecule has 0 radical (unpaired) electrons. The maximum atomic E-state index is 12.7. The Hall–Kier alpha value is -1.85. The third-order valence-corrected chi connectivity index (χ3v) is 4.81. The largest absolute Gasteiger partial charge is 0.465 e. The number of carbonyl (C=O) groups excluding carboxylic acids is 2. The average molecular weight is 364 g/mol. The van der Waals surface area contributed by atoms with Crippen LogP contribution in [0.4, 0.5) is 0 Å². The number of nitrogens with zero attached hydrogens (tertiary/aromatic N) is 3. The van der Waals surface area contributed by atoms with Crippen molar-refractivity contribution in [2.75, 3.05) is 19.7 Å². The van der Waals surface area contributed by atoms with E-state index >= 15 is 0 Å². The van der Waals surface area contributed by atoms with Crippen LogP contribution >= 0.6 is 0 Å². The zero-order valence-corrected chi connectivity index (χ0v) is 16.9. The minimum absolute atomic E-state index is 0.0281. The fourth-order valence-corrected chi connectivity index (χ4v) is 3.24. The Morgan fingerprint density at radius 2 is 2.00 bits per heavy atom. The highest BCUT2D eigenvalue weighted by Crippen LogP contribution is 2.30. The number of aryl methyl sites for hydroxylation is 1. The fraction of sp³-hybridized carbons (Fsp3) is 0.750. The summed E-state index contributed by atoms with van der Waals surface area (Å²) in [5, 5.41) is 4.62. The van der Waals surface area contributed by atoms with E-state index in [0.29, 0.717) is 37.8 Å². The minimum Gasteiger partial charge on any atom is -0.465 e. The molecule has 6 heteroatoms. The van der Waals surface area contributed by atoms with Crippen LogP contribution in [0.1, 0.15) is 57.0 Å². The van der Waals surface area contributed by atoms with Gasteiger partial charge in [-0.1, -0.05) is 13.8 Å². The summed E-state index contributed by atoms with van der Waals surface area (Å²) in [5.41, 5.74) is 3.29. The molecular weight excluding hydrogens is 330 g/mol. The number of esters is 1. The van der Waals surface area contributed by atoms with Crippen molar-refractivity contribution in [2.45, 2.75) is 66.8 Å². The monoisotopic (exact) mass is 363 g/mol. The van der Waals surface area contributed by atoms with Crippen molar-refractivity contribution in [1.29, 1.82) is 0 Å². The van der Waals surface area contributed by atoms with Crippen molar-refractivity contribution in [3.8, 4) is 0 Å². The molecule has 0 aliphatic heterocycles. The van der Waals surface area contributed by atoms with E-state index in [1.54, 1.807) is 11.8 Å². The molecule has 6 nitrogen and oxygen atoms in total. The van der Waals surface area contributed by atoms with E-state index in [9.17, 15) is 9.59 Å². The molecule has 1 aromatic heterocycles. The quantitative estimate of drug-likeness (QED) is 0.600. The van der Waals surface area contributed by atoms with Crippen molar-refractivity contribution >= 4 is 11.9 Å². The summed E-state index contributed by atoms with van der Waals surface area (Å²) in [6, 6.07) is 0. The molecule has 0 atom stereocenters. The van der Waals surface area contributed by atoms with Crippen molar-refractivity contribution in [2.24, 2.45) is 11.8 Å². The normalized spacial score (nSPS) is 13.9. The van der Waals surface area contributed by atoms with E-state index in [0.717, 1.165) is 36.3 Å². The Kier molecular flexibility index (Phi) is 7.23. The maximum Gasteiger partial charge on any atom is 0.325 e. The zero-order valence-electron chi connectivity index (χ0n) is 16.9. The van der Waals surface area contributed by atoms with Gasteiger partial charge in [-0.25, -0.2) is 0 Å². The summed E-state index contributed by atoms with van der Waals surface area (Å²) >= 11 is 0. The zero-order chi connectivity index (χ0) is 19.3. The van der Waals surface area contributed by atoms with Crippen molar-refractivity contribution in [3.05, 3.63) is 17.0 Å². The molecule has 1 aromatic rings. The van der Waals surface area contributed by atoms with E-state index in [2.05, 4.69) is 25.9 Å². The van der Waals surface area contributed by atoms with Gasteiger partial charge in [-0.05, 0) is 57.4 Å². The van der Waals surface area contributed by atoms with Crippen LogP contribution in [-0.2, 0) is 27.3 Å². The molecule has 26 heavy (non-hydrogen) atoms. The topological polar surface area (TPSA) is 64.4 Å². The molecule has 0 saturated heterocycles. The van der Waals surface area contributed by atoms with Gasteiger partial charge in [0.1, 0.15) is 6.54 Å². The molecule has 0 N–H and O–H groups in total. The molecule has 1 fully saturated rings. The number of hydrogen-bond donors (Lipinski definition) is 0. The first-order valence-corrected chi connectivity index (χ1v) is 9.78. The lowest BCUT2D eigenvalue weighted by molar-refractivity contribution is -0.149. The van der Waals surface area contributed by atoms with Crippen LogP contribution in [-0.4, -0.2) is 46.3 Å². The number of amides is 1. The Morgan fingerprint density at radius 3 is 2.58 bits per heavy atom. The first-order chi connectivity index (χ1) is 12.3. The van der Waals surface area contributed by atoms with E-state index in [4.69, 9.17) is 4.74 Å². The lowest BCUT2D eigenvalue weighted by Gasteiger charge is -2.21. The smallest absolute Gasteiger partial charge is 0.325 e. The Bertz CT molecular complexity index is 632. The Labute approximate surface area is 156 Å². The summed E-state index contributed by atoms with van der Waals surface area (Å²) in [6.07, 6.45) is 3.36. The number of aromatic nitrogens is 2. The van der Waals surface area contributed by atoms with Gasteiger partial charge in [0.15, 0.2) is 0 Å². The van der Waals surface area contributed by atoms with E-state index in [1.165, 1.54) is 0 Å². The first kappa shape index (κ1) is 20.5. The SMILES string of the molecule is CCOC(=O)CN(CC1CC1)C(=O)CCc1c(C)nn(CC(C)C)c1C. The molecule has 2 rings (SSSR count). The van der Waals surface area contributed by atoms with Crippen molar-refractivity contribution in [3.63, 3.8) is 0 Å². The van der Waals surface area contributed by atoms with Crippen LogP contribution in [0.2, 0.25) is 0 Å². The first-order valence-electron chi connectivity index (χ1n) is 9.78. The van der Waals surface area contributed by atoms with Gasteiger partial charge in [-0.3, -0.25) is 14.3 Å².